The molecule has 184 valence electrons. The molecule has 2 aromatic carbocycles. The van der Waals surface area contributed by atoms with Gasteiger partial charge in [-0.1, -0.05) is 49.4 Å². The van der Waals surface area contributed by atoms with Crippen LogP contribution in [0.15, 0.2) is 58.2 Å². The molecule has 0 unspecified atom stereocenters. The van der Waals surface area contributed by atoms with E-state index < -0.39 is 10.0 Å². The fraction of sp³-hybridized carbons (Fsp3) is 0.407. The Bertz CT molecular complexity index is 1360. The predicted molar refractivity (Wildman–Crippen MR) is 137 cm³/mol. The van der Waals surface area contributed by atoms with Crippen LogP contribution in [0.25, 0.3) is 11.3 Å². The average Bonchev–Trinajstić information content (AvgIpc) is 2.90. The lowest BCUT2D eigenvalue weighted by Crippen LogP contribution is -2.48. The number of hydrogen-bond acceptors (Lipinski definition) is 5. The number of nitrogens with zero attached hydrogens (tertiary/aromatic N) is 3. The Morgan fingerprint density at radius 2 is 1.66 bits per heavy atom. The number of aryl methyl sites for hydroxylation is 1. The van der Waals surface area contributed by atoms with Gasteiger partial charge in [-0.3, -0.25) is 9.69 Å². The van der Waals surface area contributed by atoms with Gasteiger partial charge in [0.15, 0.2) is 0 Å². The zero-order chi connectivity index (χ0) is 24.4. The first-order valence-electron chi connectivity index (χ1n) is 12.5. The summed E-state index contributed by atoms with van der Waals surface area (Å²) in [5, 5.41) is 6.98. The van der Waals surface area contributed by atoms with Crippen LogP contribution in [0.5, 0.6) is 0 Å². The SMILES string of the molecule is CCc1ccc(-c2n[nH]c(=O)c3c2CCCC3)cc1S(=O)(=O)N1CCN(Cc2ccccc2)CC1. The van der Waals surface area contributed by atoms with E-state index in [1.165, 1.54) is 5.56 Å². The molecule has 3 aromatic rings. The summed E-state index contributed by atoms with van der Waals surface area (Å²) in [5.41, 5.74) is 5.11. The lowest BCUT2D eigenvalue weighted by atomic mass is 9.89. The number of aromatic nitrogens is 2. The summed E-state index contributed by atoms with van der Waals surface area (Å²) in [4.78, 5) is 15.0. The van der Waals surface area contributed by atoms with E-state index in [4.69, 9.17) is 0 Å². The maximum Gasteiger partial charge on any atom is 0.267 e. The molecule has 0 spiro atoms. The first-order chi connectivity index (χ1) is 17.0. The first kappa shape index (κ1) is 23.9. The summed E-state index contributed by atoms with van der Waals surface area (Å²) in [5.74, 6) is 0. The molecular formula is C27H32N4O3S. The highest BCUT2D eigenvalue weighted by Gasteiger charge is 2.31. The van der Waals surface area contributed by atoms with Gasteiger partial charge in [0, 0.05) is 43.9 Å². The molecule has 1 aliphatic heterocycles. The smallest absolute Gasteiger partial charge is 0.267 e. The van der Waals surface area contributed by atoms with Crippen molar-refractivity contribution in [2.75, 3.05) is 26.2 Å². The number of benzene rings is 2. The highest BCUT2D eigenvalue weighted by Crippen LogP contribution is 2.32. The molecule has 2 aliphatic rings. The fourth-order valence-corrected chi connectivity index (χ4v) is 6.98. The van der Waals surface area contributed by atoms with Crippen LogP contribution in [-0.2, 0) is 35.8 Å². The summed E-state index contributed by atoms with van der Waals surface area (Å²) < 4.78 is 29.2. The van der Waals surface area contributed by atoms with Gasteiger partial charge in [-0.2, -0.15) is 9.40 Å². The van der Waals surface area contributed by atoms with Crippen LogP contribution in [0.2, 0.25) is 0 Å². The Labute approximate surface area is 206 Å². The molecule has 1 fully saturated rings. The lowest BCUT2D eigenvalue weighted by Gasteiger charge is -2.34. The topological polar surface area (TPSA) is 86.4 Å². The quantitative estimate of drug-likeness (QED) is 0.570. The van der Waals surface area contributed by atoms with Crippen molar-refractivity contribution < 1.29 is 8.42 Å². The van der Waals surface area contributed by atoms with E-state index in [1.807, 2.05) is 37.3 Å². The Morgan fingerprint density at radius 1 is 0.943 bits per heavy atom. The largest absolute Gasteiger partial charge is 0.296 e. The van der Waals surface area contributed by atoms with E-state index in [2.05, 4.69) is 27.2 Å². The minimum atomic E-state index is -3.65. The van der Waals surface area contributed by atoms with Crippen LogP contribution in [0.4, 0.5) is 0 Å². The van der Waals surface area contributed by atoms with E-state index in [1.54, 1.807) is 10.4 Å². The summed E-state index contributed by atoms with van der Waals surface area (Å²) in [6, 6.07) is 15.9. The summed E-state index contributed by atoms with van der Waals surface area (Å²) in [6.45, 7) is 5.14. The predicted octanol–water partition coefficient (Wildman–Crippen LogP) is 3.38. The maximum atomic E-state index is 13.8. The van der Waals surface area contributed by atoms with E-state index in [0.29, 0.717) is 43.2 Å². The highest BCUT2D eigenvalue weighted by molar-refractivity contribution is 7.89. The van der Waals surface area contributed by atoms with Crippen LogP contribution in [-0.4, -0.2) is 54.0 Å². The van der Waals surface area contributed by atoms with Crippen LogP contribution < -0.4 is 5.56 Å². The van der Waals surface area contributed by atoms with Gasteiger partial charge < -0.3 is 0 Å². The molecule has 0 bridgehead atoms. The normalized spacial score (nSPS) is 17.3. The Hall–Kier alpha value is -2.81. The molecule has 8 heteroatoms. The molecule has 7 nitrogen and oxygen atoms in total. The van der Waals surface area contributed by atoms with Crippen molar-refractivity contribution in [3.05, 3.63) is 81.1 Å². The molecule has 35 heavy (non-hydrogen) atoms. The third kappa shape index (κ3) is 4.83. The second-order valence-corrected chi connectivity index (χ2v) is 11.3. The number of H-pyrrole nitrogens is 1. The Balaban J connectivity index is 1.42. The second-order valence-electron chi connectivity index (χ2n) is 9.41. The Kier molecular flexibility index (Phi) is 6.86. The van der Waals surface area contributed by atoms with Gasteiger partial charge in [0.2, 0.25) is 10.0 Å². The van der Waals surface area contributed by atoms with Crippen molar-refractivity contribution in [1.82, 2.24) is 19.4 Å². The summed E-state index contributed by atoms with van der Waals surface area (Å²) in [6.07, 6.45) is 4.16. The van der Waals surface area contributed by atoms with Gasteiger partial charge in [-0.05, 0) is 54.9 Å². The zero-order valence-electron chi connectivity index (χ0n) is 20.2. The molecule has 0 atom stereocenters. The highest BCUT2D eigenvalue weighted by atomic mass is 32.2. The number of rotatable bonds is 6. The van der Waals surface area contributed by atoms with Crippen LogP contribution >= 0.6 is 0 Å². The monoisotopic (exact) mass is 492 g/mol. The summed E-state index contributed by atoms with van der Waals surface area (Å²) in [7, 11) is -3.65. The van der Waals surface area contributed by atoms with Crippen molar-refractivity contribution in [3.8, 4) is 11.3 Å². The van der Waals surface area contributed by atoms with Gasteiger partial charge in [0.25, 0.3) is 5.56 Å². The lowest BCUT2D eigenvalue weighted by molar-refractivity contribution is 0.181. The van der Waals surface area contributed by atoms with Gasteiger partial charge in [0.05, 0.1) is 10.6 Å². The Morgan fingerprint density at radius 3 is 2.37 bits per heavy atom. The van der Waals surface area contributed by atoms with Crippen molar-refractivity contribution in [2.24, 2.45) is 0 Å². The minimum Gasteiger partial charge on any atom is -0.296 e. The maximum absolute atomic E-state index is 13.8. The van der Waals surface area contributed by atoms with E-state index >= 15 is 0 Å². The molecule has 0 amide bonds. The first-order valence-corrected chi connectivity index (χ1v) is 13.9. The third-order valence-electron chi connectivity index (χ3n) is 7.22. The second kappa shape index (κ2) is 10.0. The van der Waals surface area contributed by atoms with E-state index in [9.17, 15) is 13.2 Å². The van der Waals surface area contributed by atoms with Crippen molar-refractivity contribution in [3.63, 3.8) is 0 Å². The molecule has 0 saturated carbocycles. The van der Waals surface area contributed by atoms with Gasteiger partial charge in [-0.25, -0.2) is 13.5 Å². The third-order valence-corrected chi connectivity index (χ3v) is 9.20. The van der Waals surface area contributed by atoms with Gasteiger partial charge in [-0.15, -0.1) is 0 Å². The molecule has 2 heterocycles. The molecule has 1 saturated heterocycles. The molecule has 1 aliphatic carbocycles. The minimum absolute atomic E-state index is 0.130. The number of aromatic amines is 1. The number of fused-ring (bicyclic) bond motifs is 1. The number of piperazine rings is 1. The van der Waals surface area contributed by atoms with Crippen LogP contribution in [0, 0.1) is 0 Å². The molecule has 1 N–H and O–H groups in total. The number of hydrogen-bond donors (Lipinski definition) is 1. The zero-order valence-corrected chi connectivity index (χ0v) is 21.0. The van der Waals surface area contributed by atoms with Crippen molar-refractivity contribution >= 4 is 10.0 Å². The van der Waals surface area contributed by atoms with Crippen LogP contribution in [0.3, 0.4) is 0 Å². The molecule has 0 radical (unpaired) electrons. The van der Waals surface area contributed by atoms with Crippen molar-refractivity contribution in [2.45, 2.75) is 50.5 Å². The van der Waals surface area contributed by atoms with Crippen molar-refractivity contribution in [1.29, 1.82) is 0 Å². The van der Waals surface area contributed by atoms with Gasteiger partial charge in [0.1, 0.15) is 0 Å². The molecule has 1 aromatic heterocycles. The summed E-state index contributed by atoms with van der Waals surface area (Å²) >= 11 is 0. The number of nitrogens with one attached hydrogen (secondary N) is 1. The fourth-order valence-electron chi connectivity index (χ4n) is 5.24. The van der Waals surface area contributed by atoms with E-state index in [-0.39, 0.29) is 5.56 Å². The van der Waals surface area contributed by atoms with E-state index in [0.717, 1.165) is 54.5 Å². The van der Waals surface area contributed by atoms with Gasteiger partial charge >= 0.3 is 0 Å². The molecular weight excluding hydrogens is 460 g/mol. The molecule has 5 rings (SSSR count). The van der Waals surface area contributed by atoms with Crippen LogP contribution in [0.1, 0.15) is 42.0 Å². The standard InChI is InChI=1S/C27H32N4O3S/c1-2-21-12-13-22(26-23-10-6-7-11-24(23)27(32)29-28-26)18-25(21)35(33,34)31-16-14-30(15-17-31)19-20-8-4-3-5-9-20/h3-5,8-9,12-13,18H,2,6-7,10-11,14-17,19H2,1H3,(H,29,32). The average molecular weight is 493 g/mol. The number of sulfonamides is 1.